The molecule has 1 atom stereocenters. The summed E-state index contributed by atoms with van der Waals surface area (Å²) in [4.78, 5) is 27.4. The van der Waals surface area contributed by atoms with Gasteiger partial charge in [0.2, 0.25) is 0 Å². The third-order valence-corrected chi connectivity index (χ3v) is 2.86. The fraction of sp³-hybridized carbons (Fsp3) is 0.267. The zero-order valence-corrected chi connectivity index (χ0v) is 12.0. The van der Waals surface area contributed by atoms with Crippen LogP contribution < -0.4 is 5.32 Å². The van der Waals surface area contributed by atoms with Crippen LogP contribution in [0.4, 0.5) is 0 Å². The lowest BCUT2D eigenvalue weighted by atomic mass is 10.3. The normalized spacial score (nSPS) is 12.0. The Labute approximate surface area is 126 Å². The van der Waals surface area contributed by atoms with Crippen LogP contribution in [0.1, 0.15) is 16.2 Å². The standard InChI is InChI=1S/C15H16N2O5/c1-3-6-21-8-11(15(19)20)17-14(18)13-7-10-12(22-13)5-4-9(2)16-10/h3-5,7,11H,1,6,8H2,2H3,(H,17,18)(H,19,20). The summed E-state index contributed by atoms with van der Waals surface area (Å²) in [6, 6.07) is 3.77. The van der Waals surface area contributed by atoms with Gasteiger partial charge in [-0.05, 0) is 19.1 Å². The number of hydrogen-bond acceptors (Lipinski definition) is 5. The van der Waals surface area contributed by atoms with Crippen molar-refractivity contribution in [2.24, 2.45) is 0 Å². The van der Waals surface area contributed by atoms with Crippen molar-refractivity contribution in [3.63, 3.8) is 0 Å². The number of carboxylic acid groups (broad SMARTS) is 1. The summed E-state index contributed by atoms with van der Waals surface area (Å²) >= 11 is 0. The number of nitrogens with zero attached hydrogens (tertiary/aromatic N) is 1. The molecule has 0 aliphatic heterocycles. The minimum atomic E-state index is -1.19. The molecule has 2 aromatic heterocycles. The van der Waals surface area contributed by atoms with Gasteiger partial charge in [0.25, 0.3) is 5.91 Å². The lowest BCUT2D eigenvalue weighted by Gasteiger charge is -2.13. The number of furan rings is 1. The van der Waals surface area contributed by atoms with Crippen LogP contribution in [0.3, 0.4) is 0 Å². The van der Waals surface area contributed by atoms with Crippen LogP contribution in [-0.4, -0.2) is 41.2 Å². The van der Waals surface area contributed by atoms with Gasteiger partial charge in [-0.15, -0.1) is 6.58 Å². The summed E-state index contributed by atoms with van der Waals surface area (Å²) in [6.45, 7) is 5.32. The number of aryl methyl sites for hydroxylation is 1. The van der Waals surface area contributed by atoms with Gasteiger partial charge in [-0.2, -0.15) is 0 Å². The van der Waals surface area contributed by atoms with E-state index < -0.39 is 17.9 Å². The molecule has 22 heavy (non-hydrogen) atoms. The quantitative estimate of drug-likeness (QED) is 0.594. The van der Waals surface area contributed by atoms with Crippen molar-refractivity contribution < 1.29 is 23.8 Å². The molecule has 2 aromatic rings. The molecule has 0 radical (unpaired) electrons. The Bertz CT molecular complexity index is 707. The van der Waals surface area contributed by atoms with Crippen LogP contribution in [-0.2, 0) is 9.53 Å². The molecular weight excluding hydrogens is 288 g/mol. The van der Waals surface area contributed by atoms with Crippen molar-refractivity contribution in [1.29, 1.82) is 0 Å². The summed E-state index contributed by atoms with van der Waals surface area (Å²) in [7, 11) is 0. The zero-order valence-electron chi connectivity index (χ0n) is 12.0. The molecule has 2 rings (SSSR count). The highest BCUT2D eigenvalue weighted by atomic mass is 16.5. The van der Waals surface area contributed by atoms with Gasteiger partial charge in [0.05, 0.1) is 13.2 Å². The Morgan fingerprint density at radius 2 is 2.32 bits per heavy atom. The van der Waals surface area contributed by atoms with Crippen LogP contribution in [0.25, 0.3) is 11.1 Å². The van der Waals surface area contributed by atoms with Gasteiger partial charge in [-0.25, -0.2) is 9.78 Å². The van der Waals surface area contributed by atoms with Crippen LogP contribution in [0.5, 0.6) is 0 Å². The average molecular weight is 304 g/mol. The van der Waals surface area contributed by atoms with Gasteiger partial charge < -0.3 is 19.6 Å². The van der Waals surface area contributed by atoms with Crippen molar-refractivity contribution >= 4 is 23.0 Å². The molecule has 0 bridgehead atoms. The fourth-order valence-electron chi connectivity index (χ4n) is 1.81. The maximum absolute atomic E-state index is 12.1. The highest BCUT2D eigenvalue weighted by Crippen LogP contribution is 2.17. The highest BCUT2D eigenvalue weighted by molar-refractivity contribution is 5.97. The number of fused-ring (bicyclic) bond motifs is 1. The van der Waals surface area contributed by atoms with Crippen molar-refractivity contribution in [3.8, 4) is 0 Å². The molecular formula is C15H16N2O5. The van der Waals surface area contributed by atoms with Crippen LogP contribution in [0.15, 0.2) is 35.3 Å². The first-order valence-electron chi connectivity index (χ1n) is 6.60. The number of hydrogen-bond donors (Lipinski definition) is 2. The van der Waals surface area contributed by atoms with Gasteiger partial charge in [-0.3, -0.25) is 4.79 Å². The number of nitrogens with one attached hydrogen (secondary N) is 1. The first kappa shape index (κ1) is 15.7. The minimum Gasteiger partial charge on any atom is -0.480 e. The molecule has 1 amide bonds. The molecule has 7 nitrogen and oxygen atoms in total. The van der Waals surface area contributed by atoms with Crippen molar-refractivity contribution in [2.45, 2.75) is 13.0 Å². The molecule has 1 unspecified atom stereocenters. The Morgan fingerprint density at radius 3 is 3.00 bits per heavy atom. The second kappa shape index (κ2) is 6.86. The summed E-state index contributed by atoms with van der Waals surface area (Å²) in [6.07, 6.45) is 1.49. The summed E-state index contributed by atoms with van der Waals surface area (Å²) < 4.78 is 10.4. The van der Waals surface area contributed by atoms with Gasteiger partial charge in [-0.1, -0.05) is 6.08 Å². The van der Waals surface area contributed by atoms with Crippen molar-refractivity contribution in [3.05, 3.63) is 42.3 Å². The first-order valence-corrected chi connectivity index (χ1v) is 6.60. The Morgan fingerprint density at radius 1 is 1.55 bits per heavy atom. The Kier molecular flexibility index (Phi) is 4.90. The highest BCUT2D eigenvalue weighted by Gasteiger charge is 2.23. The number of carbonyl (C=O) groups excluding carboxylic acids is 1. The van der Waals surface area contributed by atoms with Gasteiger partial charge in [0.15, 0.2) is 17.4 Å². The molecule has 0 saturated heterocycles. The van der Waals surface area contributed by atoms with Crippen LogP contribution in [0, 0.1) is 6.92 Å². The first-order chi connectivity index (χ1) is 10.5. The molecule has 0 aromatic carbocycles. The Hall–Kier alpha value is -2.67. The maximum atomic E-state index is 12.1. The lowest BCUT2D eigenvalue weighted by molar-refractivity contribution is -0.140. The fourth-order valence-corrected chi connectivity index (χ4v) is 1.81. The van der Waals surface area contributed by atoms with Crippen LogP contribution in [0.2, 0.25) is 0 Å². The monoisotopic (exact) mass is 304 g/mol. The second-order valence-electron chi connectivity index (χ2n) is 4.64. The number of carboxylic acids is 1. The molecule has 0 aliphatic carbocycles. The number of amides is 1. The summed E-state index contributed by atoms with van der Waals surface area (Å²) in [5, 5.41) is 11.4. The van der Waals surface area contributed by atoms with E-state index in [0.717, 1.165) is 5.69 Å². The van der Waals surface area contributed by atoms with E-state index in [-0.39, 0.29) is 19.0 Å². The molecule has 0 fully saturated rings. The van der Waals surface area contributed by atoms with Gasteiger partial charge >= 0.3 is 5.97 Å². The number of aromatic nitrogens is 1. The van der Waals surface area contributed by atoms with Crippen molar-refractivity contribution in [1.82, 2.24) is 10.3 Å². The average Bonchev–Trinajstić information content (AvgIpc) is 2.89. The molecule has 7 heteroatoms. The molecule has 0 aliphatic rings. The van der Waals surface area contributed by atoms with E-state index in [1.54, 1.807) is 12.1 Å². The predicted molar refractivity (Wildman–Crippen MR) is 78.7 cm³/mol. The van der Waals surface area contributed by atoms with Crippen molar-refractivity contribution in [2.75, 3.05) is 13.2 Å². The third-order valence-electron chi connectivity index (χ3n) is 2.86. The topological polar surface area (TPSA) is 102 Å². The smallest absolute Gasteiger partial charge is 0.328 e. The predicted octanol–water partition coefficient (Wildman–Crippen LogP) is 1.52. The van der Waals surface area contributed by atoms with E-state index in [4.69, 9.17) is 14.3 Å². The lowest BCUT2D eigenvalue weighted by Crippen LogP contribution is -2.44. The molecule has 116 valence electrons. The Balaban J connectivity index is 2.10. The number of rotatable bonds is 7. The van der Waals surface area contributed by atoms with Gasteiger partial charge in [0, 0.05) is 11.8 Å². The number of carbonyl (C=O) groups is 2. The van der Waals surface area contributed by atoms with E-state index in [0.29, 0.717) is 11.1 Å². The van der Waals surface area contributed by atoms with E-state index in [1.807, 2.05) is 6.92 Å². The zero-order chi connectivity index (χ0) is 16.1. The second-order valence-corrected chi connectivity index (χ2v) is 4.64. The summed E-state index contributed by atoms with van der Waals surface area (Å²) in [5.74, 6) is -1.82. The van der Waals surface area contributed by atoms with E-state index in [9.17, 15) is 9.59 Å². The van der Waals surface area contributed by atoms with E-state index in [2.05, 4.69) is 16.9 Å². The molecule has 0 saturated carbocycles. The number of pyridine rings is 1. The molecule has 2 heterocycles. The SMILES string of the molecule is C=CCOCC(NC(=O)c1cc2nc(C)ccc2o1)C(=O)O. The third kappa shape index (κ3) is 3.70. The number of ether oxygens (including phenoxy) is 1. The van der Waals surface area contributed by atoms with E-state index >= 15 is 0 Å². The van der Waals surface area contributed by atoms with E-state index in [1.165, 1.54) is 12.1 Å². The van der Waals surface area contributed by atoms with Gasteiger partial charge in [0.1, 0.15) is 5.52 Å². The summed E-state index contributed by atoms with van der Waals surface area (Å²) in [5.41, 5.74) is 1.80. The largest absolute Gasteiger partial charge is 0.480 e. The molecule has 2 N–H and O–H groups in total. The van der Waals surface area contributed by atoms with Crippen LogP contribution >= 0.6 is 0 Å². The molecule has 0 spiro atoms. The minimum absolute atomic E-state index is 0.00284. The maximum Gasteiger partial charge on any atom is 0.328 e. The number of aliphatic carboxylic acids is 1.